The van der Waals surface area contributed by atoms with Crippen LogP contribution in [0.2, 0.25) is 0 Å². The van der Waals surface area contributed by atoms with E-state index in [9.17, 15) is 4.79 Å². The molecule has 108 valence electrons. The zero-order valence-electron chi connectivity index (χ0n) is 14.8. The number of fused-ring (bicyclic) bond motifs is 3. The van der Waals surface area contributed by atoms with Crippen molar-refractivity contribution in [2.45, 2.75) is 12.5 Å². The highest BCUT2D eigenvalue weighted by Crippen LogP contribution is 2.27. The first-order valence-corrected chi connectivity index (χ1v) is 7.08. The molecule has 3 aromatic rings. The molecule has 2 aromatic heterocycles. The predicted octanol–water partition coefficient (Wildman–Crippen LogP) is 1.76. The van der Waals surface area contributed by atoms with E-state index < -0.39 is 12.5 Å². The van der Waals surface area contributed by atoms with Gasteiger partial charge in [-0.1, -0.05) is 18.2 Å². The van der Waals surface area contributed by atoms with Gasteiger partial charge in [-0.05, 0) is 24.9 Å². The molecular formula is C16H18N4O. The third-order valence-corrected chi connectivity index (χ3v) is 4.34. The van der Waals surface area contributed by atoms with Gasteiger partial charge in [-0.15, -0.1) is 0 Å². The van der Waals surface area contributed by atoms with Crippen LogP contribution in [0.15, 0.2) is 35.3 Å². The van der Waals surface area contributed by atoms with Crippen molar-refractivity contribution in [3.8, 4) is 0 Å². The van der Waals surface area contributed by atoms with Gasteiger partial charge in [0.05, 0.1) is 12.2 Å². The summed E-state index contributed by atoms with van der Waals surface area (Å²) < 4.78 is 26.2. The number of pyridine rings is 1. The molecule has 4 rings (SSSR count). The Morgan fingerprint density at radius 1 is 1.29 bits per heavy atom. The molecule has 0 radical (unpaired) electrons. The maximum absolute atomic E-state index is 12.9. The largest absolute Gasteiger partial charge is 0.304 e. The van der Waals surface area contributed by atoms with Gasteiger partial charge >= 0.3 is 0 Å². The van der Waals surface area contributed by atoms with Crippen LogP contribution in [0.5, 0.6) is 0 Å². The molecule has 5 heteroatoms. The minimum atomic E-state index is -2.55. The van der Waals surface area contributed by atoms with E-state index >= 15 is 0 Å². The van der Waals surface area contributed by atoms with Gasteiger partial charge in [-0.25, -0.2) is 4.68 Å². The zero-order valence-corrected chi connectivity index (χ0v) is 11.8. The van der Waals surface area contributed by atoms with E-state index in [2.05, 4.69) is 10.00 Å². The molecule has 0 amide bonds. The minimum Gasteiger partial charge on any atom is -0.304 e. The SMILES string of the molecule is [2H]C([2H])([2H])n1c(=O)c2ccccc2c2cnn(C3CCN(C)C3)c21. The second-order valence-corrected chi connectivity index (χ2v) is 5.72. The van der Waals surface area contributed by atoms with Gasteiger partial charge in [0.2, 0.25) is 0 Å². The normalized spacial score (nSPS) is 22.5. The van der Waals surface area contributed by atoms with Gasteiger partial charge in [0, 0.05) is 35.0 Å². The van der Waals surface area contributed by atoms with Gasteiger partial charge in [0.25, 0.3) is 5.56 Å². The number of rotatable bonds is 1. The molecule has 1 saturated heterocycles. The van der Waals surface area contributed by atoms with E-state index in [1.807, 2.05) is 19.2 Å². The van der Waals surface area contributed by atoms with Crippen LogP contribution >= 0.6 is 0 Å². The van der Waals surface area contributed by atoms with Crippen LogP contribution in [0.1, 0.15) is 16.6 Å². The summed E-state index contributed by atoms with van der Waals surface area (Å²) in [6.07, 6.45) is 2.56. The Hall–Kier alpha value is -2.14. The molecule has 0 aliphatic carbocycles. The summed E-state index contributed by atoms with van der Waals surface area (Å²) in [5.74, 6) is 0. The molecule has 1 aliphatic rings. The summed E-state index contributed by atoms with van der Waals surface area (Å²) in [5.41, 5.74) is -0.106. The number of benzene rings is 1. The molecule has 1 unspecified atom stereocenters. The summed E-state index contributed by atoms with van der Waals surface area (Å²) in [6, 6.07) is 7.18. The second-order valence-electron chi connectivity index (χ2n) is 5.72. The highest BCUT2D eigenvalue weighted by atomic mass is 16.1. The van der Waals surface area contributed by atoms with E-state index in [4.69, 9.17) is 4.11 Å². The zero-order chi connectivity index (χ0) is 17.1. The van der Waals surface area contributed by atoms with Crippen LogP contribution in [-0.2, 0) is 6.98 Å². The summed E-state index contributed by atoms with van der Waals surface area (Å²) >= 11 is 0. The standard InChI is InChI=1S/C16H18N4O/c1-18-8-7-11(10-18)20-15-14(9-17-20)12-5-3-4-6-13(12)16(21)19(15)2/h3-6,9,11H,7-8,10H2,1-2H3/i2D3. The average Bonchev–Trinajstić information content (AvgIpc) is 3.12. The lowest BCUT2D eigenvalue weighted by atomic mass is 10.1. The first kappa shape index (κ1) is 9.73. The lowest BCUT2D eigenvalue weighted by Crippen LogP contribution is -2.22. The maximum atomic E-state index is 12.9. The van der Waals surface area contributed by atoms with Crippen LogP contribution in [0.3, 0.4) is 0 Å². The fourth-order valence-corrected chi connectivity index (χ4v) is 3.27. The lowest BCUT2D eigenvalue weighted by molar-refractivity contribution is 0.384. The van der Waals surface area contributed by atoms with Gasteiger partial charge in [-0.2, -0.15) is 5.10 Å². The van der Waals surface area contributed by atoms with E-state index in [-0.39, 0.29) is 6.04 Å². The van der Waals surface area contributed by atoms with E-state index in [1.165, 1.54) is 0 Å². The molecule has 0 N–H and O–H groups in total. The van der Waals surface area contributed by atoms with Crippen LogP contribution < -0.4 is 5.56 Å². The maximum Gasteiger partial charge on any atom is 0.259 e. The average molecular weight is 285 g/mol. The number of aromatic nitrogens is 3. The van der Waals surface area contributed by atoms with Crippen LogP contribution in [0.25, 0.3) is 21.8 Å². The number of hydrogen-bond acceptors (Lipinski definition) is 3. The highest BCUT2D eigenvalue weighted by Gasteiger charge is 2.24. The molecule has 21 heavy (non-hydrogen) atoms. The molecule has 1 aromatic carbocycles. The predicted molar refractivity (Wildman–Crippen MR) is 83.6 cm³/mol. The number of likely N-dealkylation sites (tertiary alicyclic amines) is 1. The molecular weight excluding hydrogens is 264 g/mol. The van der Waals surface area contributed by atoms with Gasteiger partial charge in [0.1, 0.15) is 5.65 Å². The molecule has 1 aliphatic heterocycles. The Balaban J connectivity index is 2.13. The Kier molecular flexibility index (Phi) is 2.05. The smallest absolute Gasteiger partial charge is 0.259 e. The van der Waals surface area contributed by atoms with Crippen molar-refractivity contribution >= 4 is 21.8 Å². The molecule has 0 bridgehead atoms. The Bertz CT molecular complexity index is 989. The molecule has 1 fully saturated rings. The van der Waals surface area contributed by atoms with Gasteiger partial charge in [-0.3, -0.25) is 9.36 Å². The highest BCUT2D eigenvalue weighted by molar-refractivity contribution is 6.04. The number of aryl methyl sites for hydroxylation is 1. The van der Waals surface area contributed by atoms with Crippen molar-refractivity contribution in [2.24, 2.45) is 6.98 Å². The summed E-state index contributed by atoms with van der Waals surface area (Å²) in [5, 5.41) is 6.31. The molecule has 0 spiro atoms. The lowest BCUT2D eigenvalue weighted by Gasteiger charge is -2.14. The van der Waals surface area contributed by atoms with Crippen molar-refractivity contribution < 1.29 is 4.11 Å². The quantitative estimate of drug-likeness (QED) is 0.684. The Labute approximate surface area is 126 Å². The molecule has 5 nitrogen and oxygen atoms in total. The number of likely N-dealkylation sites (N-methyl/N-ethyl adjacent to an activating group) is 1. The van der Waals surface area contributed by atoms with Crippen LogP contribution in [-0.4, -0.2) is 39.4 Å². The Morgan fingerprint density at radius 3 is 2.81 bits per heavy atom. The number of nitrogens with zero attached hydrogens (tertiary/aromatic N) is 4. The fraction of sp³-hybridized carbons (Fsp3) is 0.375. The van der Waals surface area contributed by atoms with Crippen molar-refractivity contribution in [1.82, 2.24) is 19.2 Å². The summed E-state index contributed by atoms with van der Waals surface area (Å²) in [6.45, 7) is -0.835. The third kappa shape index (κ3) is 1.74. The minimum absolute atomic E-state index is 0.0710. The van der Waals surface area contributed by atoms with Crippen LogP contribution in [0.4, 0.5) is 0 Å². The summed E-state index contributed by atoms with van der Waals surface area (Å²) in [4.78, 5) is 15.0. The van der Waals surface area contributed by atoms with Crippen LogP contribution in [0, 0.1) is 0 Å². The first-order chi connectivity index (χ1) is 11.4. The number of hydrogen-bond donors (Lipinski definition) is 0. The Morgan fingerprint density at radius 2 is 2.10 bits per heavy atom. The molecule has 3 heterocycles. The van der Waals surface area contributed by atoms with Crippen molar-refractivity contribution in [2.75, 3.05) is 20.1 Å². The van der Waals surface area contributed by atoms with E-state index in [0.29, 0.717) is 16.4 Å². The monoisotopic (exact) mass is 285 g/mol. The van der Waals surface area contributed by atoms with E-state index in [1.54, 1.807) is 23.0 Å². The van der Waals surface area contributed by atoms with Crippen molar-refractivity contribution in [3.05, 3.63) is 40.8 Å². The topological polar surface area (TPSA) is 43.1 Å². The van der Waals surface area contributed by atoms with Crippen molar-refractivity contribution in [1.29, 1.82) is 0 Å². The summed E-state index contributed by atoms with van der Waals surface area (Å²) in [7, 11) is 2.03. The first-order valence-electron chi connectivity index (χ1n) is 8.58. The van der Waals surface area contributed by atoms with Crippen molar-refractivity contribution in [3.63, 3.8) is 0 Å². The van der Waals surface area contributed by atoms with E-state index in [0.717, 1.165) is 29.5 Å². The second kappa shape index (κ2) is 4.43. The van der Waals surface area contributed by atoms with Gasteiger partial charge < -0.3 is 4.90 Å². The van der Waals surface area contributed by atoms with Gasteiger partial charge in [0.15, 0.2) is 0 Å². The molecule has 1 atom stereocenters. The fourth-order valence-electron chi connectivity index (χ4n) is 3.27. The third-order valence-electron chi connectivity index (χ3n) is 4.34. The molecule has 0 saturated carbocycles.